The molecule has 2 aromatic heterocycles. The lowest BCUT2D eigenvalue weighted by Crippen LogP contribution is -2.40. The second-order valence-electron chi connectivity index (χ2n) is 8.74. The van der Waals surface area contributed by atoms with Crippen LogP contribution in [0.25, 0.3) is 11.2 Å². The number of carbonyl (C=O) groups excluding carboxylic acids is 1. The van der Waals surface area contributed by atoms with Crippen LogP contribution in [0.15, 0.2) is 33.9 Å². The van der Waals surface area contributed by atoms with Crippen molar-refractivity contribution in [2.75, 3.05) is 18.0 Å². The number of imidazole rings is 1. The first-order valence-electron chi connectivity index (χ1n) is 11.3. The maximum Gasteiger partial charge on any atom is 0.332 e. The number of Topliss-reactive ketones (excluding diaryl/α,β-unsaturated/α-hetero) is 1. The van der Waals surface area contributed by atoms with Crippen molar-refractivity contribution >= 4 is 22.9 Å². The minimum absolute atomic E-state index is 0.0118. The summed E-state index contributed by atoms with van der Waals surface area (Å²) in [6, 6.07) is 7.05. The second kappa shape index (κ2) is 9.10. The molecule has 172 valence electrons. The lowest BCUT2D eigenvalue weighted by atomic mass is 10.0. The van der Waals surface area contributed by atoms with Crippen molar-refractivity contribution in [3.8, 4) is 11.8 Å². The highest BCUT2D eigenvalue weighted by Gasteiger charge is 2.26. The van der Waals surface area contributed by atoms with Gasteiger partial charge in [0.05, 0.1) is 13.1 Å². The van der Waals surface area contributed by atoms with Gasteiger partial charge in [0.2, 0.25) is 5.95 Å². The first-order chi connectivity index (χ1) is 15.8. The van der Waals surface area contributed by atoms with Gasteiger partial charge in [-0.25, -0.2) is 4.79 Å². The summed E-state index contributed by atoms with van der Waals surface area (Å²) < 4.78 is 4.43. The van der Waals surface area contributed by atoms with E-state index in [9.17, 15) is 14.4 Å². The monoisotopic (exact) mass is 447 g/mol. The minimum atomic E-state index is -0.462. The fourth-order valence-electron chi connectivity index (χ4n) is 4.59. The number of aryl methyl sites for hydroxylation is 1. The number of benzene rings is 1. The zero-order valence-corrected chi connectivity index (χ0v) is 19.6. The molecule has 1 unspecified atom stereocenters. The third-order valence-electron chi connectivity index (χ3n) is 6.29. The lowest BCUT2D eigenvalue weighted by Gasteiger charge is -2.31. The van der Waals surface area contributed by atoms with Crippen LogP contribution in [0.5, 0.6) is 0 Å². The van der Waals surface area contributed by atoms with Crippen LogP contribution in [0.4, 0.5) is 5.95 Å². The quantitative estimate of drug-likeness (QED) is 0.443. The molecule has 0 N–H and O–H groups in total. The van der Waals surface area contributed by atoms with Gasteiger partial charge in [-0.2, -0.15) is 4.98 Å². The molecule has 1 aliphatic rings. The van der Waals surface area contributed by atoms with Gasteiger partial charge in [0.15, 0.2) is 16.9 Å². The predicted octanol–water partition coefficient (Wildman–Crippen LogP) is 2.41. The van der Waals surface area contributed by atoms with Gasteiger partial charge in [-0.15, -0.1) is 5.92 Å². The molecular weight excluding hydrogens is 418 g/mol. The summed E-state index contributed by atoms with van der Waals surface area (Å²) >= 11 is 0. The summed E-state index contributed by atoms with van der Waals surface area (Å²) in [5.74, 6) is 7.04. The molecule has 0 spiro atoms. The fourth-order valence-corrected chi connectivity index (χ4v) is 4.59. The number of carbonyl (C=O) groups is 1. The van der Waals surface area contributed by atoms with Crippen LogP contribution in [0, 0.1) is 17.8 Å². The Morgan fingerprint density at radius 3 is 2.67 bits per heavy atom. The number of nitrogens with zero attached hydrogens (tertiary/aromatic N) is 5. The number of ketones is 1. The number of rotatable bonds is 5. The van der Waals surface area contributed by atoms with Crippen LogP contribution in [0.3, 0.4) is 0 Å². The van der Waals surface area contributed by atoms with Gasteiger partial charge in [-0.3, -0.25) is 23.3 Å². The molecule has 1 aromatic carbocycles. The molecule has 4 rings (SSSR count). The van der Waals surface area contributed by atoms with Gasteiger partial charge in [0, 0.05) is 25.7 Å². The van der Waals surface area contributed by atoms with Crippen molar-refractivity contribution in [1.29, 1.82) is 0 Å². The predicted molar refractivity (Wildman–Crippen MR) is 129 cm³/mol. The Balaban J connectivity index is 1.94. The molecule has 8 nitrogen and oxygen atoms in total. The number of fused-ring (bicyclic) bond motifs is 1. The van der Waals surface area contributed by atoms with Crippen LogP contribution in [-0.2, 0) is 20.1 Å². The van der Waals surface area contributed by atoms with Crippen molar-refractivity contribution < 1.29 is 4.79 Å². The van der Waals surface area contributed by atoms with E-state index in [1.54, 1.807) is 38.2 Å². The van der Waals surface area contributed by atoms with Crippen molar-refractivity contribution in [1.82, 2.24) is 18.7 Å². The van der Waals surface area contributed by atoms with Crippen LogP contribution >= 0.6 is 0 Å². The van der Waals surface area contributed by atoms with Crippen molar-refractivity contribution in [3.63, 3.8) is 0 Å². The first-order valence-corrected chi connectivity index (χ1v) is 11.3. The number of aromatic nitrogens is 4. The topological polar surface area (TPSA) is 82.1 Å². The van der Waals surface area contributed by atoms with Gasteiger partial charge in [0.1, 0.15) is 0 Å². The van der Waals surface area contributed by atoms with E-state index in [0.717, 1.165) is 25.9 Å². The number of anilines is 1. The summed E-state index contributed by atoms with van der Waals surface area (Å²) in [7, 11) is 1.63. The summed E-state index contributed by atoms with van der Waals surface area (Å²) in [4.78, 5) is 45.9. The SMILES string of the molecule is CC#CCn1c(N2CCCC(C)C2)nc2c1c(=O)n(Cc1ccccc1C(C)=O)c(=O)n2C. The largest absolute Gasteiger partial charge is 0.342 e. The number of hydrogen-bond acceptors (Lipinski definition) is 5. The summed E-state index contributed by atoms with van der Waals surface area (Å²) in [6.07, 6.45) is 2.21. The van der Waals surface area contributed by atoms with E-state index < -0.39 is 11.2 Å². The Bertz CT molecular complexity index is 1400. The van der Waals surface area contributed by atoms with Gasteiger partial charge < -0.3 is 4.90 Å². The number of piperidine rings is 1. The van der Waals surface area contributed by atoms with Gasteiger partial charge in [0.25, 0.3) is 5.56 Å². The Kier molecular flexibility index (Phi) is 6.23. The molecule has 8 heteroatoms. The van der Waals surface area contributed by atoms with Crippen LogP contribution in [0.2, 0.25) is 0 Å². The van der Waals surface area contributed by atoms with E-state index in [1.807, 2.05) is 4.57 Å². The van der Waals surface area contributed by atoms with E-state index in [0.29, 0.717) is 40.7 Å². The standard InChI is InChI=1S/C25H29N5O3/c1-5-6-14-29-21-22(26-24(29)28-13-9-10-17(2)15-28)27(4)25(33)30(23(21)32)16-19-11-7-8-12-20(19)18(3)31/h7-8,11-12,17H,9-10,13-16H2,1-4H3. The first kappa shape index (κ1) is 22.6. The second-order valence-corrected chi connectivity index (χ2v) is 8.74. The van der Waals surface area contributed by atoms with Crippen LogP contribution < -0.4 is 16.1 Å². The summed E-state index contributed by atoms with van der Waals surface area (Å²) in [6.45, 7) is 7.46. The highest BCUT2D eigenvalue weighted by atomic mass is 16.2. The third-order valence-corrected chi connectivity index (χ3v) is 6.29. The maximum absolute atomic E-state index is 13.7. The highest BCUT2D eigenvalue weighted by Crippen LogP contribution is 2.25. The lowest BCUT2D eigenvalue weighted by molar-refractivity contribution is 0.101. The minimum Gasteiger partial charge on any atom is -0.342 e. The molecule has 3 heterocycles. The normalized spacial score (nSPS) is 16.0. The smallest absolute Gasteiger partial charge is 0.332 e. The molecular formula is C25H29N5O3. The summed E-state index contributed by atoms with van der Waals surface area (Å²) in [5.41, 5.74) is 0.956. The Morgan fingerprint density at radius 2 is 1.97 bits per heavy atom. The van der Waals surface area contributed by atoms with E-state index in [1.165, 1.54) is 16.1 Å². The molecule has 0 radical (unpaired) electrons. The van der Waals surface area contributed by atoms with E-state index in [2.05, 4.69) is 23.7 Å². The molecule has 1 atom stereocenters. The van der Waals surface area contributed by atoms with Crippen molar-refractivity contribution in [3.05, 3.63) is 56.2 Å². The molecule has 3 aromatic rings. The zero-order valence-electron chi connectivity index (χ0n) is 19.6. The molecule has 0 amide bonds. The van der Waals surface area contributed by atoms with Gasteiger partial charge >= 0.3 is 5.69 Å². The summed E-state index contributed by atoms with van der Waals surface area (Å²) in [5, 5.41) is 0. The van der Waals surface area contributed by atoms with E-state index in [-0.39, 0.29) is 12.3 Å². The average molecular weight is 448 g/mol. The zero-order chi connectivity index (χ0) is 23.7. The van der Waals surface area contributed by atoms with E-state index in [4.69, 9.17) is 4.98 Å². The third kappa shape index (κ3) is 4.11. The Labute approximate surface area is 192 Å². The average Bonchev–Trinajstić information content (AvgIpc) is 3.19. The van der Waals surface area contributed by atoms with Gasteiger partial charge in [-0.1, -0.05) is 37.1 Å². The fraction of sp³-hybridized carbons (Fsp3) is 0.440. The molecule has 0 bridgehead atoms. The van der Waals surface area contributed by atoms with Crippen LogP contribution in [0.1, 0.15) is 49.5 Å². The molecule has 33 heavy (non-hydrogen) atoms. The molecule has 1 saturated heterocycles. The van der Waals surface area contributed by atoms with Crippen molar-refractivity contribution in [2.24, 2.45) is 13.0 Å². The molecule has 1 fully saturated rings. The van der Waals surface area contributed by atoms with Gasteiger partial charge in [-0.05, 0) is 38.2 Å². The Morgan fingerprint density at radius 1 is 1.21 bits per heavy atom. The highest BCUT2D eigenvalue weighted by molar-refractivity contribution is 5.95. The molecule has 0 aliphatic carbocycles. The number of hydrogen-bond donors (Lipinski definition) is 0. The van der Waals surface area contributed by atoms with Crippen LogP contribution in [-0.4, -0.2) is 37.6 Å². The van der Waals surface area contributed by atoms with E-state index >= 15 is 0 Å². The van der Waals surface area contributed by atoms with Crippen molar-refractivity contribution in [2.45, 2.75) is 46.7 Å². The molecule has 1 aliphatic heterocycles. The molecule has 0 saturated carbocycles. The maximum atomic E-state index is 13.7. The Hall–Kier alpha value is -3.60.